The maximum absolute atomic E-state index is 11.5. The van der Waals surface area contributed by atoms with E-state index in [2.05, 4.69) is 26.5 Å². The largest absolute Gasteiger partial charge is 0.508 e. The number of halogens is 1. The van der Waals surface area contributed by atoms with Gasteiger partial charge in [-0.3, -0.25) is 4.79 Å². The number of hydrogen-bond donors (Lipinski definition) is 2. The molecule has 0 saturated heterocycles. The molecule has 6 heteroatoms. The first-order valence-electron chi connectivity index (χ1n) is 5.03. The number of rotatable bonds is 3. The molecule has 0 saturated carbocycles. The summed E-state index contributed by atoms with van der Waals surface area (Å²) in [4.78, 5) is 11.5. The SMILES string of the molecule is O=C(NN=Cc1ccc(O)cc1)c1ccc(Br)o1. The van der Waals surface area contributed by atoms with Gasteiger partial charge in [0.15, 0.2) is 10.4 Å². The minimum atomic E-state index is -0.435. The van der Waals surface area contributed by atoms with Gasteiger partial charge in [0.05, 0.1) is 6.21 Å². The van der Waals surface area contributed by atoms with Gasteiger partial charge in [0.1, 0.15) is 5.75 Å². The molecule has 0 atom stereocenters. The standard InChI is InChI=1S/C12H9BrN2O3/c13-11-6-5-10(18-11)12(17)15-14-7-8-1-3-9(16)4-2-8/h1-7,16H,(H,15,17). The highest BCUT2D eigenvalue weighted by atomic mass is 79.9. The first-order chi connectivity index (χ1) is 8.65. The van der Waals surface area contributed by atoms with Crippen molar-refractivity contribution in [2.75, 3.05) is 0 Å². The van der Waals surface area contributed by atoms with Crippen LogP contribution in [0.4, 0.5) is 0 Å². The molecule has 2 N–H and O–H groups in total. The second kappa shape index (κ2) is 5.50. The summed E-state index contributed by atoms with van der Waals surface area (Å²) in [6.45, 7) is 0. The van der Waals surface area contributed by atoms with Crippen molar-refractivity contribution in [2.24, 2.45) is 5.10 Å². The third kappa shape index (κ3) is 3.21. The van der Waals surface area contributed by atoms with Gasteiger partial charge in [-0.25, -0.2) is 5.43 Å². The molecule has 0 unspecified atom stereocenters. The van der Waals surface area contributed by atoms with Crippen LogP contribution in [-0.4, -0.2) is 17.2 Å². The van der Waals surface area contributed by atoms with Crippen molar-refractivity contribution in [1.29, 1.82) is 0 Å². The summed E-state index contributed by atoms with van der Waals surface area (Å²) in [5.41, 5.74) is 3.09. The Morgan fingerprint density at radius 2 is 2.00 bits per heavy atom. The number of hydrazone groups is 1. The van der Waals surface area contributed by atoms with Gasteiger partial charge in [-0.05, 0) is 57.9 Å². The lowest BCUT2D eigenvalue weighted by Gasteiger charge is -1.96. The number of furan rings is 1. The van der Waals surface area contributed by atoms with Crippen LogP contribution in [0.5, 0.6) is 5.75 Å². The molecular formula is C12H9BrN2O3. The Hall–Kier alpha value is -2.08. The molecule has 1 aromatic heterocycles. The summed E-state index contributed by atoms with van der Waals surface area (Å²) in [6, 6.07) is 9.58. The number of nitrogens with one attached hydrogen (secondary N) is 1. The molecule has 2 rings (SSSR count). The molecule has 0 aliphatic rings. The average Bonchev–Trinajstić information content (AvgIpc) is 2.78. The van der Waals surface area contributed by atoms with E-state index in [4.69, 9.17) is 9.52 Å². The van der Waals surface area contributed by atoms with Crippen LogP contribution in [-0.2, 0) is 0 Å². The van der Waals surface area contributed by atoms with Crippen LogP contribution in [0.3, 0.4) is 0 Å². The zero-order valence-corrected chi connectivity index (χ0v) is 10.7. The smallest absolute Gasteiger partial charge is 0.307 e. The fourth-order valence-electron chi connectivity index (χ4n) is 1.22. The lowest BCUT2D eigenvalue weighted by atomic mass is 10.2. The first kappa shape index (κ1) is 12.4. The van der Waals surface area contributed by atoms with E-state index in [1.54, 1.807) is 18.2 Å². The Morgan fingerprint density at radius 3 is 2.61 bits per heavy atom. The highest BCUT2D eigenvalue weighted by molar-refractivity contribution is 9.10. The summed E-state index contributed by atoms with van der Waals surface area (Å²) < 4.78 is 5.54. The molecule has 2 aromatic rings. The van der Waals surface area contributed by atoms with Gasteiger partial charge < -0.3 is 9.52 Å². The predicted octanol–water partition coefficient (Wildman–Crippen LogP) is 2.51. The molecule has 0 fully saturated rings. The number of phenols is 1. The Bertz CT molecular complexity index is 575. The number of nitrogens with zero attached hydrogens (tertiary/aromatic N) is 1. The summed E-state index contributed by atoms with van der Waals surface area (Å²) >= 11 is 3.10. The minimum Gasteiger partial charge on any atom is -0.508 e. The molecule has 1 heterocycles. The van der Waals surface area contributed by atoms with Crippen molar-refractivity contribution in [3.63, 3.8) is 0 Å². The first-order valence-corrected chi connectivity index (χ1v) is 5.82. The third-order valence-electron chi connectivity index (χ3n) is 2.07. The molecule has 0 bridgehead atoms. The fourth-order valence-corrected chi connectivity index (χ4v) is 1.52. The fraction of sp³-hybridized carbons (Fsp3) is 0. The van der Waals surface area contributed by atoms with Gasteiger partial charge in [0, 0.05) is 0 Å². The molecule has 0 aliphatic heterocycles. The van der Waals surface area contributed by atoms with Gasteiger partial charge in [-0.2, -0.15) is 5.10 Å². The van der Waals surface area contributed by atoms with Crippen molar-refractivity contribution >= 4 is 28.1 Å². The van der Waals surface area contributed by atoms with E-state index in [1.807, 2.05) is 0 Å². The highest BCUT2D eigenvalue weighted by Gasteiger charge is 2.08. The zero-order chi connectivity index (χ0) is 13.0. The molecule has 1 amide bonds. The van der Waals surface area contributed by atoms with Crippen LogP contribution < -0.4 is 5.43 Å². The zero-order valence-electron chi connectivity index (χ0n) is 9.13. The molecule has 92 valence electrons. The normalized spacial score (nSPS) is 10.7. The van der Waals surface area contributed by atoms with E-state index in [1.165, 1.54) is 24.4 Å². The number of carbonyl (C=O) groups excluding carboxylic acids is 1. The molecule has 0 aliphatic carbocycles. The summed E-state index contributed by atoms with van der Waals surface area (Å²) in [6.07, 6.45) is 1.47. The Kier molecular flexibility index (Phi) is 3.78. The molecule has 0 radical (unpaired) electrons. The Morgan fingerprint density at radius 1 is 1.28 bits per heavy atom. The lowest BCUT2D eigenvalue weighted by Crippen LogP contribution is -2.16. The van der Waals surface area contributed by atoms with Gasteiger partial charge >= 0.3 is 5.91 Å². The molecule has 1 aromatic carbocycles. The van der Waals surface area contributed by atoms with Crippen LogP contribution in [0.25, 0.3) is 0 Å². The van der Waals surface area contributed by atoms with E-state index in [0.29, 0.717) is 4.67 Å². The average molecular weight is 309 g/mol. The number of carbonyl (C=O) groups is 1. The summed E-state index contributed by atoms with van der Waals surface area (Å²) in [5.74, 6) is -0.0860. The lowest BCUT2D eigenvalue weighted by molar-refractivity contribution is 0.0926. The van der Waals surface area contributed by atoms with Crippen LogP contribution in [0.1, 0.15) is 16.1 Å². The van der Waals surface area contributed by atoms with Gasteiger partial charge in [-0.15, -0.1) is 0 Å². The van der Waals surface area contributed by atoms with Gasteiger partial charge in [-0.1, -0.05) is 0 Å². The van der Waals surface area contributed by atoms with Crippen molar-refractivity contribution < 1.29 is 14.3 Å². The van der Waals surface area contributed by atoms with Crippen molar-refractivity contribution in [3.8, 4) is 5.75 Å². The van der Waals surface area contributed by atoms with E-state index in [0.717, 1.165) is 5.56 Å². The monoisotopic (exact) mass is 308 g/mol. The third-order valence-corrected chi connectivity index (χ3v) is 2.50. The molecular weight excluding hydrogens is 300 g/mol. The number of benzene rings is 1. The van der Waals surface area contributed by atoms with Gasteiger partial charge in [0.2, 0.25) is 0 Å². The molecule has 5 nitrogen and oxygen atoms in total. The van der Waals surface area contributed by atoms with E-state index in [-0.39, 0.29) is 11.5 Å². The Balaban J connectivity index is 1.95. The summed E-state index contributed by atoms with van der Waals surface area (Å²) in [7, 11) is 0. The minimum absolute atomic E-state index is 0.171. The summed E-state index contributed by atoms with van der Waals surface area (Å²) in [5, 5.41) is 12.9. The second-order valence-electron chi connectivity index (χ2n) is 3.39. The van der Waals surface area contributed by atoms with E-state index >= 15 is 0 Å². The number of phenolic OH excluding ortho intramolecular Hbond substituents is 1. The highest BCUT2D eigenvalue weighted by Crippen LogP contribution is 2.13. The van der Waals surface area contributed by atoms with Gasteiger partial charge in [0.25, 0.3) is 0 Å². The number of aromatic hydroxyl groups is 1. The van der Waals surface area contributed by atoms with E-state index < -0.39 is 5.91 Å². The molecule has 18 heavy (non-hydrogen) atoms. The maximum Gasteiger partial charge on any atom is 0.307 e. The van der Waals surface area contributed by atoms with Crippen LogP contribution in [0, 0.1) is 0 Å². The second-order valence-corrected chi connectivity index (χ2v) is 4.18. The van der Waals surface area contributed by atoms with Crippen LogP contribution in [0.15, 0.2) is 50.6 Å². The predicted molar refractivity (Wildman–Crippen MR) is 69.6 cm³/mol. The topological polar surface area (TPSA) is 74.8 Å². The van der Waals surface area contributed by atoms with Crippen LogP contribution >= 0.6 is 15.9 Å². The quantitative estimate of drug-likeness (QED) is 0.676. The maximum atomic E-state index is 11.5. The van der Waals surface area contributed by atoms with Crippen molar-refractivity contribution in [3.05, 3.63) is 52.4 Å². The number of amides is 1. The molecule has 0 spiro atoms. The van der Waals surface area contributed by atoms with Crippen LogP contribution in [0.2, 0.25) is 0 Å². The van der Waals surface area contributed by atoms with Crippen molar-refractivity contribution in [2.45, 2.75) is 0 Å². The Labute approximate surface area is 111 Å². The van der Waals surface area contributed by atoms with Crippen molar-refractivity contribution in [1.82, 2.24) is 5.43 Å². The number of hydrogen-bond acceptors (Lipinski definition) is 4. The van der Waals surface area contributed by atoms with E-state index in [9.17, 15) is 4.79 Å².